The Morgan fingerprint density at radius 2 is 1.04 bits per heavy atom. The van der Waals surface area contributed by atoms with Crippen LogP contribution in [0.1, 0.15) is 0 Å². The van der Waals surface area contributed by atoms with Crippen LogP contribution >= 0.6 is 23.5 Å². The Balaban J connectivity index is 1.21. The number of nitrogens with zero attached hydrogens (tertiary/aromatic N) is 4. The zero-order valence-corrected chi connectivity index (χ0v) is 31.7. The third kappa shape index (κ3) is 5.57. The van der Waals surface area contributed by atoms with Crippen molar-refractivity contribution in [2.75, 3.05) is 4.90 Å². The Hall–Kier alpha value is -6.60. The fourth-order valence-electron chi connectivity index (χ4n) is 7.89. The van der Waals surface area contributed by atoms with E-state index >= 15 is 0 Å². The van der Waals surface area contributed by atoms with Crippen LogP contribution in [0.3, 0.4) is 0 Å². The van der Waals surface area contributed by atoms with E-state index in [0.29, 0.717) is 5.95 Å². The summed E-state index contributed by atoms with van der Waals surface area (Å²) >= 11 is 3.70. The van der Waals surface area contributed by atoms with Crippen molar-refractivity contribution in [1.29, 1.82) is 0 Å². The standard InChI is InChI=1S/C50H32N4S2/c1-4-16-34(17-5-1)40-32-41(35-18-6-2-7-19-35)52-50(51-40)54-43-28-27-37(53(36-21-8-3-9-22-36)42-24-14-20-33-15-10-11-23-38(33)42)31-39(43)48-44(54)29-30-47-49(48)56-46-26-13-12-25-45(46)55-47/h1-32H. The highest BCUT2D eigenvalue weighted by molar-refractivity contribution is 8.05. The predicted molar refractivity (Wildman–Crippen MR) is 234 cm³/mol. The van der Waals surface area contributed by atoms with Gasteiger partial charge in [0.15, 0.2) is 0 Å². The monoisotopic (exact) mass is 752 g/mol. The normalized spacial score (nSPS) is 12.1. The number of benzene rings is 8. The van der Waals surface area contributed by atoms with Crippen molar-refractivity contribution < 1.29 is 0 Å². The van der Waals surface area contributed by atoms with Crippen LogP contribution in [0, 0.1) is 0 Å². The molecule has 6 heteroatoms. The van der Waals surface area contributed by atoms with Crippen LogP contribution in [-0.2, 0) is 0 Å². The third-order valence-corrected chi connectivity index (χ3v) is 13.0. The molecule has 0 amide bonds. The van der Waals surface area contributed by atoms with Crippen LogP contribution in [0.5, 0.6) is 0 Å². The van der Waals surface area contributed by atoms with Crippen molar-refractivity contribution in [2.45, 2.75) is 19.6 Å². The summed E-state index contributed by atoms with van der Waals surface area (Å²) < 4.78 is 2.27. The first-order valence-electron chi connectivity index (χ1n) is 18.7. The molecule has 1 aliphatic rings. The maximum absolute atomic E-state index is 5.34. The van der Waals surface area contributed by atoms with Gasteiger partial charge in [-0.05, 0) is 72.1 Å². The fraction of sp³-hybridized carbons (Fsp3) is 0. The van der Waals surface area contributed by atoms with Crippen molar-refractivity contribution in [2.24, 2.45) is 0 Å². The molecule has 0 fully saturated rings. The first-order valence-corrected chi connectivity index (χ1v) is 20.3. The van der Waals surface area contributed by atoms with E-state index in [1.54, 1.807) is 0 Å². The van der Waals surface area contributed by atoms with Crippen molar-refractivity contribution in [3.8, 4) is 28.5 Å². The second-order valence-electron chi connectivity index (χ2n) is 13.8. The van der Waals surface area contributed by atoms with Crippen LogP contribution in [0.2, 0.25) is 0 Å². The lowest BCUT2D eigenvalue weighted by molar-refractivity contribution is 0.994. The number of fused-ring (bicyclic) bond motifs is 7. The summed E-state index contributed by atoms with van der Waals surface area (Å²) in [6.07, 6.45) is 0. The quantitative estimate of drug-likeness (QED) is 0.169. The Bertz CT molecular complexity index is 3030. The van der Waals surface area contributed by atoms with Crippen LogP contribution in [-0.4, -0.2) is 14.5 Å². The predicted octanol–water partition coefficient (Wildman–Crippen LogP) is 14.1. The van der Waals surface area contributed by atoms with E-state index in [2.05, 4.69) is 191 Å². The first-order chi connectivity index (χ1) is 27.8. The number of aromatic nitrogens is 3. The summed E-state index contributed by atoms with van der Waals surface area (Å²) in [6, 6.07) is 68.9. The number of para-hydroxylation sites is 1. The zero-order chi connectivity index (χ0) is 37.0. The first kappa shape index (κ1) is 32.8. The summed E-state index contributed by atoms with van der Waals surface area (Å²) in [7, 11) is 0. The SMILES string of the molecule is c1ccc(-c2cc(-c3ccccc3)nc(-n3c4ccc(N(c5ccccc5)c5cccc6ccccc56)cc4c4c5c(ccc43)Sc3ccccc3S5)n2)cc1. The van der Waals surface area contributed by atoms with Gasteiger partial charge in [-0.25, -0.2) is 9.97 Å². The van der Waals surface area contributed by atoms with Crippen molar-refractivity contribution >= 4 is 73.2 Å². The minimum Gasteiger partial charge on any atom is -0.310 e. The van der Waals surface area contributed by atoms with Gasteiger partial charge in [-0.3, -0.25) is 4.57 Å². The molecule has 0 atom stereocenters. The van der Waals surface area contributed by atoms with Gasteiger partial charge in [-0.2, -0.15) is 0 Å². The van der Waals surface area contributed by atoms with Crippen LogP contribution in [0.15, 0.2) is 214 Å². The molecule has 0 spiro atoms. The number of anilines is 3. The summed E-state index contributed by atoms with van der Waals surface area (Å²) in [5, 5.41) is 4.75. The average Bonchev–Trinajstić information content (AvgIpc) is 3.61. The van der Waals surface area contributed by atoms with Gasteiger partial charge in [0, 0.05) is 58.2 Å². The Labute approximate surface area is 333 Å². The van der Waals surface area contributed by atoms with Crippen LogP contribution in [0.4, 0.5) is 17.1 Å². The van der Waals surface area contributed by atoms with Crippen molar-refractivity contribution in [3.05, 3.63) is 194 Å². The number of rotatable bonds is 6. The van der Waals surface area contributed by atoms with E-state index in [-0.39, 0.29) is 0 Å². The van der Waals surface area contributed by atoms with Gasteiger partial charge < -0.3 is 4.90 Å². The van der Waals surface area contributed by atoms with E-state index in [1.807, 2.05) is 35.7 Å². The molecule has 0 saturated heterocycles. The highest BCUT2D eigenvalue weighted by atomic mass is 32.2. The molecule has 0 unspecified atom stereocenters. The van der Waals surface area contributed by atoms with E-state index in [0.717, 1.165) is 56.0 Å². The molecule has 4 nitrogen and oxygen atoms in total. The molecule has 11 rings (SSSR count). The summed E-state index contributed by atoms with van der Waals surface area (Å²) in [5.41, 5.74) is 9.28. The molecule has 0 aliphatic carbocycles. The fourth-order valence-corrected chi connectivity index (χ4v) is 10.3. The Kier molecular flexibility index (Phi) is 7.97. The van der Waals surface area contributed by atoms with Gasteiger partial charge >= 0.3 is 0 Å². The summed E-state index contributed by atoms with van der Waals surface area (Å²) in [5.74, 6) is 0.640. The maximum Gasteiger partial charge on any atom is 0.235 e. The lowest BCUT2D eigenvalue weighted by atomic mass is 10.1. The molecule has 0 bridgehead atoms. The van der Waals surface area contributed by atoms with E-state index < -0.39 is 0 Å². The minimum absolute atomic E-state index is 0.640. The van der Waals surface area contributed by atoms with E-state index in [1.165, 1.54) is 35.7 Å². The highest BCUT2D eigenvalue weighted by Gasteiger charge is 2.26. The topological polar surface area (TPSA) is 34.0 Å². The van der Waals surface area contributed by atoms with Crippen molar-refractivity contribution in [3.63, 3.8) is 0 Å². The molecule has 8 aromatic carbocycles. The molecule has 1 aliphatic heterocycles. The molecule has 0 N–H and O–H groups in total. The largest absolute Gasteiger partial charge is 0.310 e. The third-order valence-electron chi connectivity index (χ3n) is 10.4. The van der Waals surface area contributed by atoms with Gasteiger partial charge in [0.1, 0.15) is 0 Å². The van der Waals surface area contributed by atoms with Gasteiger partial charge in [0.05, 0.1) is 28.1 Å². The second kappa shape index (κ2) is 13.6. The van der Waals surface area contributed by atoms with Crippen LogP contribution in [0.25, 0.3) is 61.0 Å². The van der Waals surface area contributed by atoms with Gasteiger partial charge in [-0.15, -0.1) is 0 Å². The van der Waals surface area contributed by atoms with E-state index in [9.17, 15) is 0 Å². The molecular weight excluding hydrogens is 721 g/mol. The minimum atomic E-state index is 0.640. The Morgan fingerprint density at radius 1 is 0.429 bits per heavy atom. The maximum atomic E-state index is 5.34. The van der Waals surface area contributed by atoms with Gasteiger partial charge in [-0.1, -0.05) is 151 Å². The molecule has 264 valence electrons. The summed E-state index contributed by atoms with van der Waals surface area (Å²) in [6.45, 7) is 0. The molecule has 0 saturated carbocycles. The molecule has 10 aromatic rings. The second-order valence-corrected chi connectivity index (χ2v) is 16.0. The number of hydrogen-bond donors (Lipinski definition) is 0. The lowest BCUT2D eigenvalue weighted by Crippen LogP contribution is -2.10. The lowest BCUT2D eigenvalue weighted by Gasteiger charge is -2.27. The van der Waals surface area contributed by atoms with Crippen LogP contribution < -0.4 is 4.90 Å². The highest BCUT2D eigenvalue weighted by Crippen LogP contribution is 2.53. The average molecular weight is 753 g/mol. The number of hydrogen-bond acceptors (Lipinski definition) is 5. The van der Waals surface area contributed by atoms with Gasteiger partial charge in [0.2, 0.25) is 5.95 Å². The summed E-state index contributed by atoms with van der Waals surface area (Å²) in [4.78, 5) is 18.1. The molecule has 56 heavy (non-hydrogen) atoms. The molecular formula is C50H32N4S2. The van der Waals surface area contributed by atoms with Crippen molar-refractivity contribution in [1.82, 2.24) is 14.5 Å². The van der Waals surface area contributed by atoms with E-state index in [4.69, 9.17) is 9.97 Å². The molecule has 0 radical (unpaired) electrons. The molecule has 3 heterocycles. The Morgan fingerprint density at radius 3 is 1.77 bits per heavy atom. The smallest absolute Gasteiger partial charge is 0.235 e. The van der Waals surface area contributed by atoms with Gasteiger partial charge in [0.25, 0.3) is 0 Å². The zero-order valence-electron chi connectivity index (χ0n) is 30.1. The molecule has 2 aromatic heterocycles.